The smallest absolute Gasteiger partial charge is 0.139 e. The minimum Gasteiger partial charge on any atom is -0.341 e. The first-order chi connectivity index (χ1) is 8.56. The molecule has 2 N–H and O–H groups in total. The van der Waals surface area contributed by atoms with Crippen LogP contribution in [0.2, 0.25) is 5.02 Å². The average molecular weight is 268 g/mol. The van der Waals surface area contributed by atoms with E-state index in [9.17, 15) is 4.39 Å². The van der Waals surface area contributed by atoms with Crippen molar-refractivity contribution in [2.24, 2.45) is 0 Å². The summed E-state index contributed by atoms with van der Waals surface area (Å²) in [6.45, 7) is 4.87. The Labute approximate surface area is 110 Å². The van der Waals surface area contributed by atoms with Crippen LogP contribution in [0.25, 0.3) is 11.4 Å². The highest BCUT2D eigenvalue weighted by Gasteiger charge is 2.08. The number of H-pyrrole nitrogens is 1. The van der Waals surface area contributed by atoms with Crippen molar-refractivity contribution in [3.8, 4) is 11.4 Å². The molecule has 0 saturated heterocycles. The molecule has 0 aliphatic carbocycles. The van der Waals surface area contributed by atoms with Gasteiger partial charge in [0, 0.05) is 30.0 Å². The molecule has 1 heterocycles. The van der Waals surface area contributed by atoms with E-state index in [4.69, 9.17) is 11.6 Å². The number of imidazole rings is 1. The van der Waals surface area contributed by atoms with Crippen molar-refractivity contribution in [1.82, 2.24) is 15.3 Å². The molecule has 0 bridgehead atoms. The lowest BCUT2D eigenvalue weighted by Crippen LogP contribution is -2.21. The molecule has 96 valence electrons. The van der Waals surface area contributed by atoms with Crippen molar-refractivity contribution in [1.29, 1.82) is 0 Å². The molecule has 0 aliphatic heterocycles. The average Bonchev–Trinajstić information content (AvgIpc) is 2.75. The van der Waals surface area contributed by atoms with Crippen molar-refractivity contribution in [3.63, 3.8) is 0 Å². The molecule has 5 heteroatoms. The Morgan fingerprint density at radius 1 is 1.44 bits per heavy atom. The number of nitrogens with zero attached hydrogens (tertiary/aromatic N) is 1. The maximum absolute atomic E-state index is 13.0. The number of aromatic nitrogens is 2. The van der Waals surface area contributed by atoms with Crippen molar-refractivity contribution in [2.45, 2.75) is 26.4 Å². The summed E-state index contributed by atoms with van der Waals surface area (Å²) in [5.41, 5.74) is 1.67. The lowest BCUT2D eigenvalue weighted by molar-refractivity contribution is 0.583. The molecule has 0 amide bonds. The number of rotatable bonds is 4. The number of halogens is 2. The lowest BCUT2D eigenvalue weighted by atomic mass is 10.2. The van der Waals surface area contributed by atoms with Crippen LogP contribution in [-0.4, -0.2) is 16.0 Å². The zero-order chi connectivity index (χ0) is 13.1. The van der Waals surface area contributed by atoms with Gasteiger partial charge in [0.1, 0.15) is 11.6 Å². The molecule has 2 aromatic rings. The van der Waals surface area contributed by atoms with Crippen LogP contribution < -0.4 is 5.32 Å². The summed E-state index contributed by atoms with van der Waals surface area (Å²) in [6, 6.07) is 4.68. The zero-order valence-electron chi connectivity index (χ0n) is 10.3. The van der Waals surface area contributed by atoms with Gasteiger partial charge in [-0.15, -0.1) is 0 Å². The van der Waals surface area contributed by atoms with Crippen LogP contribution in [0.3, 0.4) is 0 Å². The zero-order valence-corrected chi connectivity index (χ0v) is 11.1. The molecule has 1 aromatic heterocycles. The van der Waals surface area contributed by atoms with E-state index in [1.807, 2.05) is 0 Å². The fourth-order valence-electron chi connectivity index (χ4n) is 1.58. The minimum absolute atomic E-state index is 0.350. The monoisotopic (exact) mass is 267 g/mol. The van der Waals surface area contributed by atoms with E-state index >= 15 is 0 Å². The second-order valence-corrected chi connectivity index (χ2v) is 4.82. The van der Waals surface area contributed by atoms with Crippen molar-refractivity contribution >= 4 is 11.6 Å². The third kappa shape index (κ3) is 3.09. The van der Waals surface area contributed by atoms with Gasteiger partial charge in [0.2, 0.25) is 0 Å². The summed E-state index contributed by atoms with van der Waals surface area (Å²) in [6.07, 6.45) is 1.75. The summed E-state index contributed by atoms with van der Waals surface area (Å²) >= 11 is 5.99. The molecule has 0 unspecified atom stereocenters. The standard InChI is InChI=1S/C13H15ClFN3/c1-8(2)16-6-10-7-17-13(18-10)11-4-3-9(15)5-12(11)14/h3-5,7-8,16H,6H2,1-2H3,(H,17,18). The largest absolute Gasteiger partial charge is 0.341 e. The van der Waals surface area contributed by atoms with E-state index in [1.54, 1.807) is 12.3 Å². The number of benzene rings is 1. The summed E-state index contributed by atoms with van der Waals surface area (Å²) in [7, 11) is 0. The number of hydrogen-bond donors (Lipinski definition) is 2. The summed E-state index contributed by atoms with van der Waals surface area (Å²) < 4.78 is 13.0. The second-order valence-electron chi connectivity index (χ2n) is 4.42. The van der Waals surface area contributed by atoms with E-state index in [0.717, 1.165) is 5.69 Å². The van der Waals surface area contributed by atoms with Crippen LogP contribution >= 0.6 is 11.6 Å². The minimum atomic E-state index is -0.350. The van der Waals surface area contributed by atoms with Crippen molar-refractivity contribution in [2.75, 3.05) is 0 Å². The molecule has 0 spiro atoms. The number of aromatic amines is 1. The van der Waals surface area contributed by atoms with Gasteiger partial charge in [-0.25, -0.2) is 9.37 Å². The highest BCUT2D eigenvalue weighted by atomic mass is 35.5. The summed E-state index contributed by atoms with van der Waals surface area (Å²) in [5, 5.41) is 3.64. The third-order valence-electron chi connectivity index (χ3n) is 2.52. The van der Waals surface area contributed by atoms with Gasteiger partial charge in [-0.2, -0.15) is 0 Å². The normalized spacial score (nSPS) is 11.2. The molecule has 0 saturated carbocycles. The van der Waals surface area contributed by atoms with E-state index < -0.39 is 0 Å². The second kappa shape index (κ2) is 5.50. The Kier molecular flexibility index (Phi) is 3.99. The van der Waals surface area contributed by atoms with E-state index in [-0.39, 0.29) is 5.82 Å². The summed E-state index contributed by atoms with van der Waals surface area (Å²) in [4.78, 5) is 7.42. The van der Waals surface area contributed by atoms with Crippen LogP contribution in [0.1, 0.15) is 19.5 Å². The number of hydrogen-bond acceptors (Lipinski definition) is 2. The maximum Gasteiger partial charge on any atom is 0.139 e. The Morgan fingerprint density at radius 2 is 2.22 bits per heavy atom. The molecule has 3 nitrogen and oxygen atoms in total. The van der Waals surface area contributed by atoms with Gasteiger partial charge in [-0.05, 0) is 18.2 Å². The van der Waals surface area contributed by atoms with Gasteiger partial charge >= 0.3 is 0 Å². The van der Waals surface area contributed by atoms with Crippen LogP contribution in [0.4, 0.5) is 4.39 Å². The third-order valence-corrected chi connectivity index (χ3v) is 2.83. The molecule has 18 heavy (non-hydrogen) atoms. The summed E-state index contributed by atoms with van der Waals surface area (Å²) in [5.74, 6) is 0.303. The van der Waals surface area contributed by atoms with Crippen molar-refractivity contribution in [3.05, 3.63) is 40.9 Å². The molecular weight excluding hydrogens is 253 g/mol. The molecular formula is C13H15ClFN3. The van der Waals surface area contributed by atoms with Gasteiger partial charge in [-0.1, -0.05) is 25.4 Å². The fraction of sp³-hybridized carbons (Fsp3) is 0.308. The molecule has 0 atom stereocenters. The first-order valence-electron chi connectivity index (χ1n) is 5.79. The van der Waals surface area contributed by atoms with Gasteiger partial charge in [0.15, 0.2) is 0 Å². The fourth-order valence-corrected chi connectivity index (χ4v) is 1.84. The first-order valence-corrected chi connectivity index (χ1v) is 6.16. The Balaban J connectivity index is 2.18. The van der Waals surface area contributed by atoms with Gasteiger partial charge in [0.05, 0.1) is 5.02 Å². The van der Waals surface area contributed by atoms with Crippen LogP contribution in [-0.2, 0) is 6.54 Å². The Hall–Kier alpha value is -1.39. The molecule has 2 rings (SSSR count). The van der Waals surface area contributed by atoms with Gasteiger partial charge in [0.25, 0.3) is 0 Å². The number of nitrogens with one attached hydrogen (secondary N) is 2. The molecule has 1 aromatic carbocycles. The Morgan fingerprint density at radius 3 is 2.89 bits per heavy atom. The van der Waals surface area contributed by atoms with Crippen LogP contribution in [0, 0.1) is 5.82 Å². The van der Waals surface area contributed by atoms with Crippen molar-refractivity contribution < 1.29 is 4.39 Å². The van der Waals surface area contributed by atoms with E-state index in [0.29, 0.717) is 29.0 Å². The topological polar surface area (TPSA) is 40.7 Å². The van der Waals surface area contributed by atoms with E-state index in [2.05, 4.69) is 29.1 Å². The lowest BCUT2D eigenvalue weighted by Gasteiger charge is -2.05. The molecule has 0 fully saturated rings. The first kappa shape index (κ1) is 13.1. The quantitative estimate of drug-likeness (QED) is 0.892. The highest BCUT2D eigenvalue weighted by molar-refractivity contribution is 6.33. The SMILES string of the molecule is CC(C)NCc1cnc(-c2ccc(F)cc2Cl)[nH]1. The predicted octanol–water partition coefficient (Wildman–Crippen LogP) is 3.37. The van der Waals surface area contributed by atoms with Crippen LogP contribution in [0.15, 0.2) is 24.4 Å². The van der Waals surface area contributed by atoms with Gasteiger partial charge < -0.3 is 10.3 Å². The van der Waals surface area contributed by atoms with E-state index in [1.165, 1.54) is 12.1 Å². The molecule has 0 radical (unpaired) electrons. The molecule has 0 aliphatic rings. The van der Waals surface area contributed by atoms with Crippen LogP contribution in [0.5, 0.6) is 0 Å². The Bertz CT molecular complexity index is 537. The predicted molar refractivity (Wildman–Crippen MR) is 71.0 cm³/mol. The maximum atomic E-state index is 13.0. The van der Waals surface area contributed by atoms with Gasteiger partial charge in [-0.3, -0.25) is 0 Å². The highest BCUT2D eigenvalue weighted by Crippen LogP contribution is 2.26.